The van der Waals surface area contributed by atoms with E-state index < -0.39 is 11.2 Å². The molecule has 0 spiro atoms. The standard InChI is InChI=1S/C21H29N3O5/c1-4-6-7-15-12-17(25)28-20-18(15)19(26)22-21(23-20)29-24-16-10-8-14(9-11-16)13(3)27-5-2/h12-14H,4-11H2,1-3H3,(H,22,23,26). The van der Waals surface area contributed by atoms with E-state index in [1.807, 2.05) is 13.8 Å². The molecule has 0 saturated heterocycles. The zero-order chi connectivity index (χ0) is 20.8. The highest BCUT2D eigenvalue weighted by Crippen LogP contribution is 2.27. The fourth-order valence-corrected chi connectivity index (χ4v) is 3.78. The Morgan fingerprint density at radius 3 is 2.76 bits per heavy atom. The van der Waals surface area contributed by atoms with Crippen LogP contribution in [0.5, 0.6) is 6.01 Å². The lowest BCUT2D eigenvalue weighted by molar-refractivity contribution is 0.0262. The predicted octanol–water partition coefficient (Wildman–Crippen LogP) is 3.57. The molecule has 1 fully saturated rings. The number of rotatable bonds is 8. The quantitative estimate of drug-likeness (QED) is 0.675. The number of aromatic nitrogens is 2. The Balaban J connectivity index is 1.74. The van der Waals surface area contributed by atoms with Crippen molar-refractivity contribution >= 4 is 16.8 Å². The zero-order valence-corrected chi connectivity index (χ0v) is 17.3. The summed E-state index contributed by atoms with van der Waals surface area (Å²) in [5.74, 6) is 0.517. The van der Waals surface area contributed by atoms with E-state index in [0.29, 0.717) is 23.3 Å². The number of hydrogen-bond donors (Lipinski definition) is 1. The van der Waals surface area contributed by atoms with Gasteiger partial charge < -0.3 is 14.0 Å². The average molecular weight is 403 g/mol. The van der Waals surface area contributed by atoms with Crippen molar-refractivity contribution in [3.8, 4) is 6.01 Å². The molecule has 1 aliphatic rings. The van der Waals surface area contributed by atoms with Crippen LogP contribution < -0.4 is 16.0 Å². The molecule has 8 heteroatoms. The minimum atomic E-state index is -0.527. The van der Waals surface area contributed by atoms with Crippen molar-refractivity contribution in [3.63, 3.8) is 0 Å². The van der Waals surface area contributed by atoms with Gasteiger partial charge in [0.15, 0.2) is 0 Å². The number of nitrogens with zero attached hydrogens (tertiary/aromatic N) is 2. The number of hydrogen-bond acceptors (Lipinski definition) is 7. The Labute approximate surface area is 169 Å². The first-order valence-electron chi connectivity index (χ1n) is 10.4. The molecule has 2 aromatic rings. The summed E-state index contributed by atoms with van der Waals surface area (Å²) in [6.07, 6.45) is 6.29. The Kier molecular flexibility index (Phi) is 7.19. The van der Waals surface area contributed by atoms with Gasteiger partial charge >= 0.3 is 11.6 Å². The number of aryl methyl sites for hydroxylation is 1. The van der Waals surface area contributed by atoms with Crippen molar-refractivity contribution in [1.29, 1.82) is 0 Å². The molecule has 0 amide bonds. The largest absolute Gasteiger partial charge is 0.403 e. The van der Waals surface area contributed by atoms with Crippen LogP contribution in [0.4, 0.5) is 0 Å². The lowest BCUT2D eigenvalue weighted by Crippen LogP contribution is -2.26. The maximum absolute atomic E-state index is 12.5. The van der Waals surface area contributed by atoms with E-state index in [-0.39, 0.29) is 17.8 Å². The molecule has 0 aromatic carbocycles. The van der Waals surface area contributed by atoms with E-state index in [4.69, 9.17) is 14.0 Å². The second kappa shape index (κ2) is 9.82. The summed E-state index contributed by atoms with van der Waals surface area (Å²) in [4.78, 5) is 36.5. The van der Waals surface area contributed by atoms with E-state index in [0.717, 1.165) is 50.8 Å². The second-order valence-corrected chi connectivity index (χ2v) is 7.49. The number of ether oxygens (including phenoxy) is 1. The van der Waals surface area contributed by atoms with E-state index >= 15 is 0 Å². The molecule has 1 saturated carbocycles. The summed E-state index contributed by atoms with van der Waals surface area (Å²) >= 11 is 0. The molecule has 0 radical (unpaired) electrons. The number of nitrogens with one attached hydrogen (secondary N) is 1. The Bertz CT molecular complexity index is 968. The van der Waals surface area contributed by atoms with Crippen molar-refractivity contribution in [1.82, 2.24) is 9.97 Å². The lowest BCUT2D eigenvalue weighted by Gasteiger charge is -2.27. The normalized spacial score (nSPS) is 18.0. The zero-order valence-electron chi connectivity index (χ0n) is 17.3. The minimum Gasteiger partial charge on any atom is -0.403 e. The highest BCUT2D eigenvalue weighted by molar-refractivity contribution is 5.84. The van der Waals surface area contributed by atoms with Crippen molar-refractivity contribution in [2.45, 2.75) is 71.8 Å². The molecule has 2 heterocycles. The first-order valence-corrected chi connectivity index (χ1v) is 10.4. The summed E-state index contributed by atoms with van der Waals surface area (Å²) < 4.78 is 10.8. The van der Waals surface area contributed by atoms with Gasteiger partial charge in [-0.3, -0.25) is 9.78 Å². The SMILES string of the molecule is CCCCc1cc(=O)oc2nc(ON=C3CCC(C(C)OCC)CC3)[nH]c(=O)c12. The molecular weight excluding hydrogens is 374 g/mol. The third kappa shape index (κ3) is 5.32. The summed E-state index contributed by atoms with van der Waals surface area (Å²) in [5, 5.41) is 4.45. The molecule has 2 aromatic heterocycles. The van der Waals surface area contributed by atoms with E-state index in [9.17, 15) is 9.59 Å². The van der Waals surface area contributed by atoms with Crippen LogP contribution in [0.25, 0.3) is 11.1 Å². The van der Waals surface area contributed by atoms with Gasteiger partial charge in [-0.25, -0.2) is 4.79 Å². The monoisotopic (exact) mass is 403 g/mol. The summed E-state index contributed by atoms with van der Waals surface area (Å²) in [6.45, 7) is 6.89. The number of oxime groups is 1. The van der Waals surface area contributed by atoms with Crippen molar-refractivity contribution in [2.75, 3.05) is 6.61 Å². The van der Waals surface area contributed by atoms with Gasteiger partial charge in [0.25, 0.3) is 5.56 Å². The van der Waals surface area contributed by atoms with Crippen molar-refractivity contribution < 1.29 is 14.0 Å². The number of unbranched alkanes of at least 4 members (excludes halogenated alkanes) is 1. The van der Waals surface area contributed by atoms with Gasteiger partial charge in [-0.1, -0.05) is 18.5 Å². The average Bonchev–Trinajstić information content (AvgIpc) is 2.70. The summed E-state index contributed by atoms with van der Waals surface area (Å²) in [6, 6.07) is 1.28. The molecule has 29 heavy (non-hydrogen) atoms. The molecule has 1 N–H and O–H groups in total. The Hall–Kier alpha value is -2.48. The molecule has 1 unspecified atom stereocenters. The third-order valence-electron chi connectivity index (χ3n) is 5.44. The molecule has 3 rings (SSSR count). The van der Waals surface area contributed by atoms with Crippen LogP contribution in [0, 0.1) is 5.92 Å². The van der Waals surface area contributed by atoms with Gasteiger partial charge in [-0.05, 0) is 63.9 Å². The Morgan fingerprint density at radius 1 is 1.31 bits per heavy atom. The highest BCUT2D eigenvalue weighted by Gasteiger charge is 2.23. The lowest BCUT2D eigenvalue weighted by atomic mass is 9.85. The molecular formula is C21H29N3O5. The van der Waals surface area contributed by atoms with Gasteiger partial charge in [0.1, 0.15) is 5.39 Å². The maximum atomic E-state index is 12.5. The van der Waals surface area contributed by atoms with Crippen LogP contribution in [0.15, 0.2) is 25.2 Å². The van der Waals surface area contributed by atoms with E-state index in [1.165, 1.54) is 6.07 Å². The van der Waals surface area contributed by atoms with Gasteiger partial charge in [-0.15, -0.1) is 0 Å². The van der Waals surface area contributed by atoms with Gasteiger partial charge in [0, 0.05) is 12.7 Å². The predicted molar refractivity (Wildman–Crippen MR) is 111 cm³/mol. The third-order valence-corrected chi connectivity index (χ3v) is 5.44. The number of fused-ring (bicyclic) bond motifs is 1. The summed E-state index contributed by atoms with van der Waals surface area (Å²) in [5.41, 5.74) is 0.629. The van der Waals surface area contributed by atoms with Crippen LogP contribution in [-0.4, -0.2) is 28.4 Å². The smallest absolute Gasteiger partial charge is 0.337 e. The van der Waals surface area contributed by atoms with Gasteiger partial charge in [0.05, 0.1) is 11.8 Å². The fraction of sp³-hybridized carbons (Fsp3) is 0.619. The molecule has 8 nitrogen and oxygen atoms in total. The van der Waals surface area contributed by atoms with Crippen LogP contribution in [0.2, 0.25) is 0 Å². The Morgan fingerprint density at radius 2 is 2.07 bits per heavy atom. The molecule has 1 atom stereocenters. The van der Waals surface area contributed by atoms with Crippen molar-refractivity contribution in [2.24, 2.45) is 11.1 Å². The number of H-pyrrole nitrogens is 1. The van der Waals surface area contributed by atoms with Gasteiger partial charge in [-0.2, -0.15) is 4.98 Å². The molecule has 0 bridgehead atoms. The fourth-order valence-electron chi connectivity index (χ4n) is 3.78. The maximum Gasteiger partial charge on any atom is 0.337 e. The molecule has 158 valence electrons. The summed E-state index contributed by atoms with van der Waals surface area (Å²) in [7, 11) is 0. The highest BCUT2D eigenvalue weighted by atomic mass is 16.6. The molecule has 0 aliphatic heterocycles. The van der Waals surface area contributed by atoms with E-state index in [1.54, 1.807) is 0 Å². The van der Waals surface area contributed by atoms with Crippen LogP contribution in [0.1, 0.15) is 64.9 Å². The van der Waals surface area contributed by atoms with E-state index in [2.05, 4.69) is 22.0 Å². The molecule has 1 aliphatic carbocycles. The topological polar surface area (TPSA) is 107 Å². The van der Waals surface area contributed by atoms with Crippen LogP contribution in [-0.2, 0) is 11.2 Å². The minimum absolute atomic E-state index is 0.0169. The van der Waals surface area contributed by atoms with Crippen LogP contribution >= 0.6 is 0 Å². The second-order valence-electron chi connectivity index (χ2n) is 7.49. The number of aromatic amines is 1. The van der Waals surface area contributed by atoms with Crippen LogP contribution in [0.3, 0.4) is 0 Å². The first-order chi connectivity index (χ1) is 14.0. The van der Waals surface area contributed by atoms with Crippen molar-refractivity contribution in [3.05, 3.63) is 32.4 Å². The first kappa shape index (κ1) is 21.2. The van der Waals surface area contributed by atoms with Gasteiger partial charge in [0.2, 0.25) is 5.71 Å².